The average Bonchev–Trinajstić information content (AvgIpc) is 3.10. The van der Waals surface area contributed by atoms with Gasteiger partial charge >= 0.3 is 11.7 Å². The summed E-state index contributed by atoms with van der Waals surface area (Å²) in [5.74, 6) is -0.652. The minimum absolute atomic E-state index is 0.129. The molecule has 8 nitrogen and oxygen atoms in total. The Balaban J connectivity index is 1.37. The summed E-state index contributed by atoms with van der Waals surface area (Å²) in [6.45, 7) is 2.98. The van der Waals surface area contributed by atoms with E-state index in [9.17, 15) is 14.4 Å². The van der Waals surface area contributed by atoms with Gasteiger partial charge in [-0.25, -0.2) is 4.79 Å². The number of carbonyl (C=O) groups is 2. The highest BCUT2D eigenvalue weighted by Gasteiger charge is 2.11. The molecule has 0 spiro atoms. The van der Waals surface area contributed by atoms with Crippen LogP contribution >= 0.6 is 0 Å². The van der Waals surface area contributed by atoms with Gasteiger partial charge in [0.05, 0.1) is 18.7 Å². The van der Waals surface area contributed by atoms with Crippen LogP contribution in [0.3, 0.4) is 0 Å². The smallest absolute Gasteiger partial charge is 0.419 e. The molecule has 0 saturated heterocycles. The van der Waals surface area contributed by atoms with Crippen LogP contribution in [0, 0.1) is 0 Å². The van der Waals surface area contributed by atoms with Gasteiger partial charge in [-0.1, -0.05) is 25.5 Å². The van der Waals surface area contributed by atoms with E-state index < -0.39 is 11.7 Å². The standard InChI is InChI=1S/C23H26N2O6/c1-2-3-14-29-18-11-9-17(10-12-18)22(27)24-16-21(26)30-15-6-13-25-19-7-4-5-8-20(19)31-23(25)28/h4-5,7-12H,2-3,6,13-16H2,1H3,(H,24,27). The van der Waals surface area contributed by atoms with Gasteiger partial charge < -0.3 is 19.2 Å². The Kier molecular flexibility index (Phi) is 7.86. The number of oxazole rings is 1. The Morgan fingerprint density at radius 2 is 1.81 bits per heavy atom. The van der Waals surface area contributed by atoms with Crippen molar-refractivity contribution >= 4 is 23.0 Å². The van der Waals surface area contributed by atoms with Gasteiger partial charge in [0, 0.05) is 12.1 Å². The lowest BCUT2D eigenvalue weighted by atomic mass is 10.2. The summed E-state index contributed by atoms with van der Waals surface area (Å²) in [6, 6.07) is 13.9. The van der Waals surface area contributed by atoms with Crippen molar-refractivity contribution < 1.29 is 23.5 Å². The van der Waals surface area contributed by atoms with Crippen molar-refractivity contribution in [3.63, 3.8) is 0 Å². The molecule has 0 fully saturated rings. The topological polar surface area (TPSA) is 99.8 Å². The van der Waals surface area contributed by atoms with E-state index in [1.54, 1.807) is 42.5 Å². The van der Waals surface area contributed by atoms with Crippen LogP contribution in [0.4, 0.5) is 0 Å². The third kappa shape index (κ3) is 6.21. The molecule has 0 atom stereocenters. The number of hydrogen-bond donors (Lipinski definition) is 1. The van der Waals surface area contributed by atoms with Gasteiger partial charge in [0.25, 0.3) is 5.91 Å². The summed E-state index contributed by atoms with van der Waals surface area (Å²) < 4.78 is 17.4. The molecule has 1 heterocycles. The zero-order chi connectivity index (χ0) is 22.1. The zero-order valence-electron chi connectivity index (χ0n) is 17.5. The van der Waals surface area contributed by atoms with E-state index in [0.29, 0.717) is 42.0 Å². The average molecular weight is 426 g/mol. The number of carbonyl (C=O) groups excluding carboxylic acids is 2. The molecule has 31 heavy (non-hydrogen) atoms. The second-order valence-electron chi connectivity index (χ2n) is 6.97. The van der Waals surface area contributed by atoms with Crippen molar-refractivity contribution in [2.24, 2.45) is 0 Å². The lowest BCUT2D eigenvalue weighted by Gasteiger charge is -2.08. The van der Waals surface area contributed by atoms with Gasteiger partial charge in [-0.05, 0) is 49.2 Å². The second kappa shape index (κ2) is 11.0. The number of rotatable bonds is 11. The number of esters is 1. The normalized spacial score (nSPS) is 10.7. The van der Waals surface area contributed by atoms with Gasteiger partial charge in [0.1, 0.15) is 12.3 Å². The largest absolute Gasteiger partial charge is 0.494 e. The third-order valence-electron chi connectivity index (χ3n) is 4.64. The number of nitrogens with zero attached hydrogens (tertiary/aromatic N) is 1. The van der Waals surface area contributed by atoms with Crippen LogP contribution in [0.25, 0.3) is 11.1 Å². The molecule has 0 aliphatic rings. The predicted octanol–water partition coefficient (Wildman–Crippen LogP) is 3.14. The molecular formula is C23H26N2O6. The van der Waals surface area contributed by atoms with Crippen LogP contribution in [-0.2, 0) is 16.1 Å². The fourth-order valence-electron chi connectivity index (χ4n) is 2.98. The highest BCUT2D eigenvalue weighted by molar-refractivity contribution is 5.96. The van der Waals surface area contributed by atoms with Crippen molar-refractivity contribution in [2.45, 2.75) is 32.7 Å². The minimum atomic E-state index is -0.544. The van der Waals surface area contributed by atoms with E-state index in [4.69, 9.17) is 13.9 Å². The number of unbranched alkanes of at least 4 members (excludes halogenated alkanes) is 1. The fraction of sp³-hybridized carbons (Fsp3) is 0.348. The number of aryl methyl sites for hydroxylation is 1. The summed E-state index contributed by atoms with van der Waals surface area (Å²) in [5, 5.41) is 2.53. The van der Waals surface area contributed by atoms with Crippen molar-refractivity contribution in [1.82, 2.24) is 9.88 Å². The number of benzene rings is 2. The van der Waals surface area contributed by atoms with Gasteiger partial charge in [-0.15, -0.1) is 0 Å². The Hall–Kier alpha value is -3.55. The SMILES string of the molecule is CCCCOc1ccc(C(=O)NCC(=O)OCCCn2c(=O)oc3ccccc32)cc1. The molecule has 0 unspecified atom stereocenters. The quantitative estimate of drug-likeness (QED) is 0.374. The van der Waals surface area contributed by atoms with Crippen molar-refractivity contribution in [3.8, 4) is 5.75 Å². The number of nitrogens with one attached hydrogen (secondary N) is 1. The number of amides is 1. The Labute approximate surface area is 179 Å². The van der Waals surface area contributed by atoms with E-state index in [2.05, 4.69) is 12.2 Å². The molecular weight excluding hydrogens is 400 g/mol. The van der Waals surface area contributed by atoms with Gasteiger partial charge in [0.2, 0.25) is 0 Å². The van der Waals surface area contributed by atoms with E-state index in [1.165, 1.54) is 4.57 Å². The summed E-state index contributed by atoms with van der Waals surface area (Å²) in [7, 11) is 0. The molecule has 3 aromatic rings. The molecule has 164 valence electrons. The summed E-state index contributed by atoms with van der Waals surface area (Å²) in [5.41, 5.74) is 1.66. The van der Waals surface area contributed by atoms with Crippen LogP contribution in [-0.4, -0.2) is 36.2 Å². The first-order valence-corrected chi connectivity index (χ1v) is 10.3. The lowest BCUT2D eigenvalue weighted by molar-refractivity contribution is -0.142. The second-order valence-corrected chi connectivity index (χ2v) is 6.97. The van der Waals surface area contributed by atoms with Crippen LogP contribution in [0.2, 0.25) is 0 Å². The van der Waals surface area contributed by atoms with E-state index in [-0.39, 0.29) is 19.1 Å². The maximum atomic E-state index is 12.2. The Morgan fingerprint density at radius 1 is 1.03 bits per heavy atom. The number of aromatic nitrogens is 1. The first kappa shape index (κ1) is 22.1. The number of hydrogen-bond acceptors (Lipinski definition) is 6. The van der Waals surface area contributed by atoms with Crippen LogP contribution < -0.4 is 15.8 Å². The molecule has 0 bridgehead atoms. The Bertz CT molecular complexity index is 1070. The van der Waals surface area contributed by atoms with Gasteiger partial charge in [-0.2, -0.15) is 0 Å². The number of fused-ring (bicyclic) bond motifs is 1. The first-order valence-electron chi connectivity index (χ1n) is 10.3. The van der Waals surface area contributed by atoms with E-state index >= 15 is 0 Å². The molecule has 1 amide bonds. The third-order valence-corrected chi connectivity index (χ3v) is 4.64. The van der Waals surface area contributed by atoms with Gasteiger partial charge in [0.15, 0.2) is 5.58 Å². The highest BCUT2D eigenvalue weighted by atomic mass is 16.5. The molecule has 1 aromatic heterocycles. The molecule has 8 heteroatoms. The summed E-state index contributed by atoms with van der Waals surface area (Å²) >= 11 is 0. The van der Waals surface area contributed by atoms with Crippen molar-refractivity contribution in [2.75, 3.05) is 19.8 Å². The molecule has 0 aliphatic carbocycles. The van der Waals surface area contributed by atoms with Crippen LogP contribution in [0.5, 0.6) is 5.75 Å². The molecule has 0 radical (unpaired) electrons. The molecule has 2 aromatic carbocycles. The Morgan fingerprint density at radius 3 is 2.58 bits per heavy atom. The van der Waals surface area contributed by atoms with Crippen molar-refractivity contribution in [3.05, 3.63) is 64.6 Å². The van der Waals surface area contributed by atoms with E-state index in [1.807, 2.05) is 6.07 Å². The molecule has 1 N–H and O–H groups in total. The number of para-hydroxylation sites is 2. The van der Waals surface area contributed by atoms with Crippen LogP contribution in [0.15, 0.2) is 57.7 Å². The summed E-state index contributed by atoms with van der Waals surface area (Å²) in [6.07, 6.45) is 2.47. The molecule has 3 rings (SSSR count). The molecule has 0 saturated carbocycles. The maximum Gasteiger partial charge on any atom is 0.419 e. The number of ether oxygens (including phenoxy) is 2. The van der Waals surface area contributed by atoms with Crippen molar-refractivity contribution in [1.29, 1.82) is 0 Å². The predicted molar refractivity (Wildman–Crippen MR) is 115 cm³/mol. The zero-order valence-corrected chi connectivity index (χ0v) is 17.5. The lowest BCUT2D eigenvalue weighted by Crippen LogP contribution is -2.30. The maximum absolute atomic E-state index is 12.2. The minimum Gasteiger partial charge on any atom is -0.494 e. The van der Waals surface area contributed by atoms with E-state index in [0.717, 1.165) is 12.8 Å². The van der Waals surface area contributed by atoms with Crippen LogP contribution in [0.1, 0.15) is 36.5 Å². The fourth-order valence-corrected chi connectivity index (χ4v) is 2.98. The monoisotopic (exact) mass is 426 g/mol. The van der Waals surface area contributed by atoms with Gasteiger partial charge in [-0.3, -0.25) is 14.2 Å². The first-order chi connectivity index (χ1) is 15.1. The molecule has 0 aliphatic heterocycles. The summed E-state index contributed by atoms with van der Waals surface area (Å²) in [4.78, 5) is 35.9. The highest BCUT2D eigenvalue weighted by Crippen LogP contribution is 2.13.